The minimum absolute atomic E-state index is 0.0523. The molecule has 0 bridgehead atoms. The number of rotatable bonds is 4. The minimum atomic E-state index is -0.229. The maximum atomic E-state index is 13.9. The Bertz CT molecular complexity index is 668. The van der Waals surface area contributed by atoms with E-state index in [0.29, 0.717) is 13.0 Å². The molecule has 0 aromatic heterocycles. The van der Waals surface area contributed by atoms with Crippen LogP contribution < -0.4 is 10.5 Å². The molecule has 4 heteroatoms. The summed E-state index contributed by atoms with van der Waals surface area (Å²) < 4.78 is 19.8. The van der Waals surface area contributed by atoms with Crippen molar-refractivity contribution in [2.45, 2.75) is 19.1 Å². The molecule has 2 N–H and O–H groups in total. The number of fused-ring (bicyclic) bond motifs is 1. The molecule has 22 heavy (non-hydrogen) atoms. The highest BCUT2D eigenvalue weighted by molar-refractivity contribution is 5.73. The molecule has 0 saturated heterocycles. The van der Waals surface area contributed by atoms with Crippen LogP contribution in [0, 0.1) is 5.82 Å². The van der Waals surface area contributed by atoms with Crippen LogP contribution in [-0.2, 0) is 13.0 Å². The predicted octanol–water partition coefficient (Wildman–Crippen LogP) is 2.82. The van der Waals surface area contributed by atoms with Crippen LogP contribution in [0.2, 0.25) is 0 Å². The highest BCUT2D eigenvalue weighted by Gasteiger charge is 2.25. The first kappa shape index (κ1) is 15.0. The van der Waals surface area contributed by atoms with Crippen molar-refractivity contribution in [2.75, 3.05) is 20.6 Å². The van der Waals surface area contributed by atoms with Gasteiger partial charge in [-0.15, -0.1) is 0 Å². The van der Waals surface area contributed by atoms with Gasteiger partial charge in [-0.3, -0.25) is 0 Å². The number of nitrogens with zero attached hydrogens (tertiary/aromatic N) is 1. The molecule has 0 fully saturated rings. The summed E-state index contributed by atoms with van der Waals surface area (Å²) in [7, 11) is 4.07. The first-order chi connectivity index (χ1) is 10.6. The smallest absolute Gasteiger partial charge is 0.131 e. The molecule has 0 aliphatic carbocycles. The van der Waals surface area contributed by atoms with Gasteiger partial charge in [0, 0.05) is 30.6 Å². The number of ether oxygens (including phenoxy) is 1. The zero-order valence-corrected chi connectivity index (χ0v) is 13.0. The monoisotopic (exact) mass is 300 g/mol. The van der Waals surface area contributed by atoms with Gasteiger partial charge in [0.25, 0.3) is 0 Å². The summed E-state index contributed by atoms with van der Waals surface area (Å²) in [5, 5.41) is 0. The third-order valence-corrected chi connectivity index (χ3v) is 3.89. The SMILES string of the molecule is CN(C)Cc1ccc(-c2cc(F)cc3c2OC(CN)C3)cc1. The van der Waals surface area contributed by atoms with Crippen LogP contribution in [0.3, 0.4) is 0 Å². The van der Waals surface area contributed by atoms with Gasteiger partial charge in [-0.25, -0.2) is 4.39 Å². The Hall–Kier alpha value is -1.91. The lowest BCUT2D eigenvalue weighted by Gasteiger charge is -2.13. The van der Waals surface area contributed by atoms with E-state index < -0.39 is 0 Å². The van der Waals surface area contributed by atoms with Gasteiger partial charge in [-0.2, -0.15) is 0 Å². The second-order valence-corrected chi connectivity index (χ2v) is 6.06. The van der Waals surface area contributed by atoms with Crippen LogP contribution in [0.5, 0.6) is 5.75 Å². The summed E-state index contributed by atoms with van der Waals surface area (Å²) in [6.07, 6.45) is 0.624. The molecule has 2 aromatic rings. The van der Waals surface area contributed by atoms with E-state index in [-0.39, 0.29) is 11.9 Å². The van der Waals surface area contributed by atoms with Crippen molar-refractivity contribution in [2.24, 2.45) is 5.73 Å². The molecule has 3 nitrogen and oxygen atoms in total. The van der Waals surface area contributed by atoms with Crippen LogP contribution in [0.25, 0.3) is 11.1 Å². The fourth-order valence-corrected chi connectivity index (χ4v) is 2.90. The molecule has 0 radical (unpaired) electrons. The number of nitrogens with two attached hydrogens (primary N) is 1. The molecule has 1 unspecified atom stereocenters. The zero-order valence-electron chi connectivity index (χ0n) is 13.0. The molecule has 3 rings (SSSR count). The average molecular weight is 300 g/mol. The fraction of sp³-hybridized carbons (Fsp3) is 0.333. The predicted molar refractivity (Wildman–Crippen MR) is 86.4 cm³/mol. The lowest BCUT2D eigenvalue weighted by Crippen LogP contribution is -2.24. The summed E-state index contributed by atoms with van der Waals surface area (Å²) in [4.78, 5) is 2.11. The van der Waals surface area contributed by atoms with E-state index in [9.17, 15) is 4.39 Å². The van der Waals surface area contributed by atoms with Gasteiger partial charge in [0.15, 0.2) is 0 Å². The van der Waals surface area contributed by atoms with E-state index in [4.69, 9.17) is 10.5 Å². The number of benzene rings is 2. The third-order valence-electron chi connectivity index (χ3n) is 3.89. The molecule has 1 aliphatic heterocycles. The van der Waals surface area contributed by atoms with Gasteiger partial charge in [-0.05, 0) is 37.4 Å². The molecule has 1 atom stereocenters. The molecular formula is C18H21FN2O. The van der Waals surface area contributed by atoms with Crippen molar-refractivity contribution in [1.82, 2.24) is 4.90 Å². The van der Waals surface area contributed by atoms with Crippen molar-refractivity contribution in [3.05, 3.63) is 53.3 Å². The van der Waals surface area contributed by atoms with Gasteiger partial charge >= 0.3 is 0 Å². The van der Waals surface area contributed by atoms with Crippen molar-refractivity contribution < 1.29 is 9.13 Å². The largest absolute Gasteiger partial charge is 0.488 e. The number of hydrogen-bond acceptors (Lipinski definition) is 3. The molecule has 1 heterocycles. The summed E-state index contributed by atoms with van der Waals surface area (Å²) >= 11 is 0. The average Bonchev–Trinajstić information content (AvgIpc) is 2.89. The van der Waals surface area contributed by atoms with Crippen molar-refractivity contribution in [3.8, 4) is 16.9 Å². The summed E-state index contributed by atoms with van der Waals surface area (Å²) in [5.74, 6) is 0.546. The van der Waals surface area contributed by atoms with E-state index in [2.05, 4.69) is 17.0 Å². The Balaban J connectivity index is 1.95. The van der Waals surface area contributed by atoms with E-state index in [1.165, 1.54) is 5.56 Å². The molecule has 0 spiro atoms. The van der Waals surface area contributed by atoms with Gasteiger partial charge in [0.2, 0.25) is 0 Å². The second-order valence-electron chi connectivity index (χ2n) is 6.06. The van der Waals surface area contributed by atoms with Crippen LogP contribution >= 0.6 is 0 Å². The van der Waals surface area contributed by atoms with Gasteiger partial charge in [0.1, 0.15) is 17.7 Å². The Kier molecular flexibility index (Phi) is 4.14. The van der Waals surface area contributed by atoms with Crippen LogP contribution in [-0.4, -0.2) is 31.6 Å². The standard InChI is InChI=1S/C18H21FN2O/c1-21(2)11-12-3-5-13(6-4-12)17-9-15(19)7-14-8-16(10-20)22-18(14)17/h3-7,9,16H,8,10-11,20H2,1-2H3. The summed E-state index contributed by atoms with van der Waals surface area (Å²) in [6, 6.07) is 11.3. The zero-order chi connectivity index (χ0) is 15.7. The first-order valence-corrected chi connectivity index (χ1v) is 7.50. The number of halogens is 1. The minimum Gasteiger partial charge on any atom is -0.488 e. The Morgan fingerprint density at radius 1 is 1.23 bits per heavy atom. The Morgan fingerprint density at radius 3 is 2.59 bits per heavy atom. The summed E-state index contributed by atoms with van der Waals surface area (Å²) in [6.45, 7) is 1.32. The quantitative estimate of drug-likeness (QED) is 0.943. The van der Waals surface area contributed by atoms with Crippen LogP contribution in [0.4, 0.5) is 4.39 Å². The van der Waals surface area contributed by atoms with Gasteiger partial charge < -0.3 is 15.4 Å². The topological polar surface area (TPSA) is 38.5 Å². The first-order valence-electron chi connectivity index (χ1n) is 7.50. The lowest BCUT2D eigenvalue weighted by molar-refractivity contribution is 0.242. The molecule has 1 aliphatic rings. The Labute approximate surface area is 130 Å². The molecular weight excluding hydrogens is 279 g/mol. The second kappa shape index (κ2) is 6.07. The van der Waals surface area contributed by atoms with Crippen molar-refractivity contribution >= 4 is 0 Å². The molecule has 0 saturated carbocycles. The van der Waals surface area contributed by atoms with Crippen LogP contribution in [0.1, 0.15) is 11.1 Å². The number of hydrogen-bond donors (Lipinski definition) is 1. The maximum absolute atomic E-state index is 13.9. The highest BCUT2D eigenvalue weighted by Crippen LogP contribution is 2.39. The third kappa shape index (κ3) is 2.98. The molecule has 2 aromatic carbocycles. The molecule has 116 valence electrons. The lowest BCUT2D eigenvalue weighted by atomic mass is 9.99. The van der Waals surface area contributed by atoms with Crippen molar-refractivity contribution in [1.29, 1.82) is 0 Å². The highest BCUT2D eigenvalue weighted by atomic mass is 19.1. The normalized spacial score (nSPS) is 16.7. The maximum Gasteiger partial charge on any atom is 0.131 e. The van der Waals surface area contributed by atoms with Gasteiger partial charge in [-0.1, -0.05) is 24.3 Å². The fourth-order valence-electron chi connectivity index (χ4n) is 2.90. The Morgan fingerprint density at radius 2 is 1.95 bits per heavy atom. The van der Waals surface area contributed by atoms with E-state index in [0.717, 1.165) is 29.0 Å². The molecule has 0 amide bonds. The van der Waals surface area contributed by atoms with Crippen LogP contribution in [0.15, 0.2) is 36.4 Å². The summed E-state index contributed by atoms with van der Waals surface area (Å²) in [5.41, 5.74) is 9.59. The van der Waals surface area contributed by atoms with Crippen molar-refractivity contribution in [3.63, 3.8) is 0 Å². The van der Waals surface area contributed by atoms with E-state index >= 15 is 0 Å². The van der Waals surface area contributed by atoms with Gasteiger partial charge in [0.05, 0.1) is 0 Å². The van der Waals surface area contributed by atoms with E-state index in [1.807, 2.05) is 26.2 Å². The van der Waals surface area contributed by atoms with E-state index in [1.54, 1.807) is 12.1 Å².